The standard InChI is InChI=1S/C23H19F3N2O3S/c1-22(13-4-2-3-5-17(13)32)23-7-6-16(31-23)18(19(23)21(30)28-22)20(29)27-10-12-14(25)8-11(24)9-15(12)26/h2-4,6-9,16,18-19H,5,10H2,1H3,(H,27,29)(H,28,30). The van der Waals surface area contributed by atoms with Crippen molar-refractivity contribution >= 4 is 28.9 Å². The van der Waals surface area contributed by atoms with Gasteiger partial charge in [-0.1, -0.05) is 42.6 Å². The van der Waals surface area contributed by atoms with Gasteiger partial charge in [-0.2, -0.15) is 0 Å². The number of allylic oxidation sites excluding steroid dienone is 3. The third-order valence-electron chi connectivity index (χ3n) is 6.87. The van der Waals surface area contributed by atoms with Crippen molar-refractivity contribution in [3.8, 4) is 0 Å². The molecule has 2 fully saturated rings. The van der Waals surface area contributed by atoms with Crippen molar-refractivity contribution in [2.45, 2.75) is 37.1 Å². The van der Waals surface area contributed by atoms with E-state index in [-0.39, 0.29) is 5.91 Å². The molecule has 0 aromatic heterocycles. The van der Waals surface area contributed by atoms with E-state index in [1.807, 2.05) is 31.2 Å². The van der Waals surface area contributed by atoms with Gasteiger partial charge >= 0.3 is 0 Å². The number of rotatable bonds is 4. The third-order valence-corrected chi connectivity index (χ3v) is 7.25. The zero-order valence-electron chi connectivity index (χ0n) is 17.0. The Morgan fingerprint density at radius 1 is 1.31 bits per heavy atom. The molecule has 1 aromatic carbocycles. The summed E-state index contributed by atoms with van der Waals surface area (Å²) in [4.78, 5) is 26.8. The second kappa shape index (κ2) is 7.11. The lowest BCUT2D eigenvalue weighted by molar-refractivity contribution is -0.132. The van der Waals surface area contributed by atoms with E-state index in [9.17, 15) is 22.8 Å². The maximum Gasteiger partial charge on any atom is 0.228 e. The Morgan fingerprint density at radius 2 is 2.03 bits per heavy atom. The van der Waals surface area contributed by atoms with Crippen LogP contribution in [-0.2, 0) is 20.9 Å². The minimum absolute atomic E-state index is 0.350. The monoisotopic (exact) mass is 460 g/mol. The summed E-state index contributed by atoms with van der Waals surface area (Å²) in [5.74, 6) is -5.89. The first-order valence-electron chi connectivity index (χ1n) is 10.2. The fraction of sp³-hybridized carbons (Fsp3) is 0.348. The molecule has 0 radical (unpaired) electrons. The van der Waals surface area contributed by atoms with Crippen molar-refractivity contribution in [2.75, 3.05) is 0 Å². The van der Waals surface area contributed by atoms with Gasteiger partial charge in [0.1, 0.15) is 23.1 Å². The zero-order valence-corrected chi connectivity index (χ0v) is 17.8. The quantitative estimate of drug-likeness (QED) is 0.536. The molecule has 166 valence electrons. The Kier molecular flexibility index (Phi) is 4.69. The number of fused-ring (bicyclic) bond motifs is 1. The van der Waals surface area contributed by atoms with Crippen molar-refractivity contribution in [3.63, 3.8) is 0 Å². The van der Waals surface area contributed by atoms with Crippen LogP contribution >= 0.6 is 12.2 Å². The number of thiocarbonyl (C=S) groups is 1. The average molecular weight is 460 g/mol. The smallest absolute Gasteiger partial charge is 0.228 e. The molecule has 9 heteroatoms. The Morgan fingerprint density at radius 3 is 2.72 bits per heavy atom. The Balaban J connectivity index is 1.43. The highest BCUT2D eigenvalue weighted by Crippen LogP contribution is 2.58. The van der Waals surface area contributed by atoms with Crippen LogP contribution in [0.4, 0.5) is 13.2 Å². The predicted octanol–water partition coefficient (Wildman–Crippen LogP) is 2.80. The first kappa shape index (κ1) is 21.1. The number of hydrogen-bond donors (Lipinski definition) is 2. The van der Waals surface area contributed by atoms with Crippen LogP contribution in [-0.4, -0.2) is 33.9 Å². The van der Waals surface area contributed by atoms with Gasteiger partial charge in [0.2, 0.25) is 11.8 Å². The highest BCUT2D eigenvalue weighted by molar-refractivity contribution is 7.80. The predicted molar refractivity (Wildman–Crippen MR) is 113 cm³/mol. The first-order valence-corrected chi connectivity index (χ1v) is 10.6. The SMILES string of the molecule is CC1(C2=CC=CCC2=S)NC(=O)C2C(C(=O)NCc3c(F)cc(F)cc3F)C3C=CC21O3. The summed E-state index contributed by atoms with van der Waals surface area (Å²) >= 11 is 5.53. The van der Waals surface area contributed by atoms with Crippen molar-refractivity contribution in [3.05, 3.63) is 71.1 Å². The van der Waals surface area contributed by atoms with E-state index in [4.69, 9.17) is 17.0 Å². The molecular weight excluding hydrogens is 441 g/mol. The molecule has 5 unspecified atom stereocenters. The fourth-order valence-electron chi connectivity index (χ4n) is 5.34. The van der Waals surface area contributed by atoms with Gasteiger partial charge in [-0.3, -0.25) is 9.59 Å². The molecule has 5 rings (SSSR count). The van der Waals surface area contributed by atoms with Crippen LogP contribution in [0.25, 0.3) is 0 Å². The fourth-order valence-corrected chi connectivity index (χ4v) is 5.71. The first-order chi connectivity index (χ1) is 15.2. The molecule has 1 aromatic rings. The van der Waals surface area contributed by atoms with E-state index >= 15 is 0 Å². The lowest BCUT2D eigenvalue weighted by Crippen LogP contribution is -2.57. The van der Waals surface area contributed by atoms with Gasteiger partial charge in [0, 0.05) is 35.5 Å². The number of halogens is 3. The average Bonchev–Trinajstić information content (AvgIpc) is 3.37. The van der Waals surface area contributed by atoms with Crippen LogP contribution in [0.5, 0.6) is 0 Å². The summed E-state index contributed by atoms with van der Waals surface area (Å²) in [7, 11) is 0. The van der Waals surface area contributed by atoms with Gasteiger partial charge in [0.15, 0.2) is 0 Å². The molecule has 32 heavy (non-hydrogen) atoms. The van der Waals surface area contributed by atoms with Crippen molar-refractivity contribution < 1.29 is 27.5 Å². The summed E-state index contributed by atoms with van der Waals surface area (Å²) < 4.78 is 47.3. The van der Waals surface area contributed by atoms with Crippen molar-refractivity contribution in [2.24, 2.45) is 11.8 Å². The van der Waals surface area contributed by atoms with Gasteiger partial charge in [-0.15, -0.1) is 0 Å². The highest BCUT2D eigenvalue weighted by Gasteiger charge is 2.74. The van der Waals surface area contributed by atoms with E-state index in [0.717, 1.165) is 5.57 Å². The number of carbonyl (C=O) groups excluding carboxylic acids is 2. The molecule has 2 amide bonds. The molecule has 4 aliphatic rings. The summed E-state index contributed by atoms with van der Waals surface area (Å²) in [6.45, 7) is 1.35. The molecule has 3 aliphatic heterocycles. The van der Waals surface area contributed by atoms with Crippen LogP contribution in [0.15, 0.2) is 48.1 Å². The largest absolute Gasteiger partial charge is 0.359 e. The Labute approximate surface area is 187 Å². The molecule has 1 spiro atoms. The van der Waals surface area contributed by atoms with Crippen LogP contribution in [0.3, 0.4) is 0 Å². The minimum atomic E-state index is -1.11. The third kappa shape index (κ3) is 2.77. The van der Waals surface area contributed by atoms with E-state index in [0.29, 0.717) is 23.4 Å². The van der Waals surface area contributed by atoms with E-state index in [2.05, 4.69) is 10.6 Å². The molecule has 5 atom stereocenters. The van der Waals surface area contributed by atoms with Crippen LogP contribution in [0, 0.1) is 29.3 Å². The summed E-state index contributed by atoms with van der Waals surface area (Å²) in [6, 6.07) is 1.10. The maximum absolute atomic E-state index is 14.0. The van der Waals surface area contributed by atoms with Crippen LogP contribution in [0.2, 0.25) is 0 Å². The van der Waals surface area contributed by atoms with Crippen LogP contribution < -0.4 is 10.6 Å². The van der Waals surface area contributed by atoms with Gasteiger partial charge in [0.25, 0.3) is 0 Å². The molecule has 1 aliphatic carbocycles. The summed E-state index contributed by atoms with van der Waals surface area (Å²) in [5.41, 5.74) is -1.78. The lowest BCUT2D eigenvalue weighted by atomic mass is 9.66. The summed E-state index contributed by atoms with van der Waals surface area (Å²) in [5, 5.41) is 5.47. The van der Waals surface area contributed by atoms with Gasteiger partial charge in [-0.05, 0) is 12.5 Å². The second-order valence-corrected chi connectivity index (χ2v) is 9.05. The minimum Gasteiger partial charge on any atom is -0.359 e. The number of benzene rings is 1. The summed E-state index contributed by atoms with van der Waals surface area (Å²) in [6.07, 6.45) is 9.09. The highest BCUT2D eigenvalue weighted by atomic mass is 32.1. The normalized spacial score (nSPS) is 34.5. The zero-order chi connectivity index (χ0) is 22.8. The van der Waals surface area contributed by atoms with Crippen LogP contribution in [0.1, 0.15) is 18.9 Å². The maximum atomic E-state index is 14.0. The number of ether oxygens (including phenoxy) is 1. The van der Waals surface area contributed by atoms with Gasteiger partial charge in [0.05, 0.1) is 23.5 Å². The molecule has 2 N–H and O–H groups in total. The number of nitrogens with one attached hydrogen (secondary N) is 2. The second-order valence-electron chi connectivity index (χ2n) is 8.55. The lowest BCUT2D eigenvalue weighted by Gasteiger charge is -2.41. The molecule has 3 heterocycles. The molecule has 2 bridgehead atoms. The van der Waals surface area contributed by atoms with E-state index in [1.165, 1.54) is 0 Å². The Hall–Kier alpha value is -2.78. The molecular formula is C23H19F3N2O3S. The molecule has 5 nitrogen and oxygen atoms in total. The van der Waals surface area contributed by atoms with E-state index < -0.39 is 64.5 Å². The van der Waals surface area contributed by atoms with Gasteiger partial charge < -0.3 is 15.4 Å². The molecule has 0 saturated carbocycles. The number of carbonyl (C=O) groups is 2. The van der Waals surface area contributed by atoms with Gasteiger partial charge in [-0.25, -0.2) is 13.2 Å². The van der Waals surface area contributed by atoms with Crippen molar-refractivity contribution in [1.29, 1.82) is 0 Å². The van der Waals surface area contributed by atoms with Crippen molar-refractivity contribution in [1.82, 2.24) is 10.6 Å². The molecule has 2 saturated heterocycles. The number of hydrogen-bond acceptors (Lipinski definition) is 4. The number of amides is 2. The topological polar surface area (TPSA) is 67.4 Å². The van der Waals surface area contributed by atoms with E-state index in [1.54, 1.807) is 6.08 Å². The Bertz CT molecular complexity index is 1140.